The van der Waals surface area contributed by atoms with Crippen LogP contribution in [0.15, 0.2) is 24.3 Å². The minimum absolute atomic E-state index is 0.171. The van der Waals surface area contributed by atoms with Crippen molar-refractivity contribution < 1.29 is 19.1 Å². The fourth-order valence-electron chi connectivity index (χ4n) is 1.78. The van der Waals surface area contributed by atoms with E-state index in [0.717, 1.165) is 0 Å². The molecule has 6 heteroatoms. The number of carbonyl (C=O) groups is 2. The Bertz CT molecular complexity index is 458. The zero-order chi connectivity index (χ0) is 13.7. The molecule has 0 aromatic heterocycles. The maximum Gasteiger partial charge on any atom is 0.409 e. The molecule has 1 aliphatic heterocycles. The standard InChI is InChI=1S/C13H16N2O4/c1-18-11-4-2-10(3-5-11)12(16)14-6-7-15-8-9-19-13(15)17/h2-5H,6-9H2,1H3,(H,14,16). The first-order valence-electron chi connectivity index (χ1n) is 6.04. The van der Waals surface area contributed by atoms with E-state index in [-0.39, 0.29) is 12.0 Å². The summed E-state index contributed by atoms with van der Waals surface area (Å²) in [6.45, 7) is 1.86. The van der Waals surface area contributed by atoms with E-state index in [4.69, 9.17) is 9.47 Å². The highest BCUT2D eigenvalue weighted by Gasteiger charge is 2.21. The highest BCUT2D eigenvalue weighted by molar-refractivity contribution is 5.94. The van der Waals surface area contributed by atoms with E-state index in [1.807, 2.05) is 0 Å². The third kappa shape index (κ3) is 3.37. The number of hydrogen-bond donors (Lipinski definition) is 1. The predicted octanol–water partition coefficient (Wildman–Crippen LogP) is 0.877. The van der Waals surface area contributed by atoms with Gasteiger partial charge in [-0.15, -0.1) is 0 Å². The number of amides is 2. The van der Waals surface area contributed by atoms with Crippen molar-refractivity contribution in [1.82, 2.24) is 10.2 Å². The molecule has 1 saturated heterocycles. The topological polar surface area (TPSA) is 67.9 Å². The monoisotopic (exact) mass is 264 g/mol. The Morgan fingerprint density at radius 3 is 2.74 bits per heavy atom. The van der Waals surface area contributed by atoms with Gasteiger partial charge in [-0.3, -0.25) is 4.79 Å². The van der Waals surface area contributed by atoms with Crippen LogP contribution in [0.25, 0.3) is 0 Å². The lowest BCUT2D eigenvalue weighted by atomic mass is 10.2. The molecule has 0 unspecified atom stereocenters. The number of nitrogens with one attached hydrogen (secondary N) is 1. The van der Waals surface area contributed by atoms with Crippen molar-refractivity contribution in [2.45, 2.75) is 0 Å². The van der Waals surface area contributed by atoms with Gasteiger partial charge in [0.05, 0.1) is 13.7 Å². The van der Waals surface area contributed by atoms with Crippen LogP contribution in [0.4, 0.5) is 4.79 Å². The molecule has 2 rings (SSSR count). The first kappa shape index (κ1) is 13.2. The Hall–Kier alpha value is -2.24. The van der Waals surface area contributed by atoms with Gasteiger partial charge in [0.2, 0.25) is 0 Å². The lowest BCUT2D eigenvalue weighted by molar-refractivity contribution is 0.0948. The molecule has 0 aliphatic carbocycles. The molecule has 0 radical (unpaired) electrons. The summed E-state index contributed by atoms with van der Waals surface area (Å²) < 4.78 is 9.81. The van der Waals surface area contributed by atoms with Gasteiger partial charge in [0, 0.05) is 18.7 Å². The van der Waals surface area contributed by atoms with Crippen LogP contribution in [0.1, 0.15) is 10.4 Å². The van der Waals surface area contributed by atoms with Gasteiger partial charge in [0.1, 0.15) is 12.4 Å². The predicted molar refractivity (Wildman–Crippen MR) is 68.2 cm³/mol. The van der Waals surface area contributed by atoms with Gasteiger partial charge in [0.15, 0.2) is 0 Å². The van der Waals surface area contributed by atoms with Crippen LogP contribution < -0.4 is 10.1 Å². The number of rotatable bonds is 5. The average Bonchev–Trinajstić information content (AvgIpc) is 2.84. The molecule has 6 nitrogen and oxygen atoms in total. The van der Waals surface area contributed by atoms with Crippen LogP contribution in [0.5, 0.6) is 5.75 Å². The van der Waals surface area contributed by atoms with Crippen molar-refractivity contribution in [3.8, 4) is 5.75 Å². The van der Waals surface area contributed by atoms with Crippen LogP contribution in [0.3, 0.4) is 0 Å². The maximum atomic E-state index is 11.8. The Balaban J connectivity index is 1.78. The summed E-state index contributed by atoms with van der Waals surface area (Å²) >= 11 is 0. The molecule has 1 N–H and O–H groups in total. The van der Waals surface area contributed by atoms with Crippen molar-refractivity contribution >= 4 is 12.0 Å². The lowest BCUT2D eigenvalue weighted by Crippen LogP contribution is -2.35. The molecule has 1 heterocycles. The molecular weight excluding hydrogens is 248 g/mol. The van der Waals surface area contributed by atoms with E-state index in [9.17, 15) is 9.59 Å². The summed E-state index contributed by atoms with van der Waals surface area (Å²) in [7, 11) is 1.57. The van der Waals surface area contributed by atoms with Crippen molar-refractivity contribution in [1.29, 1.82) is 0 Å². The number of hydrogen-bond acceptors (Lipinski definition) is 4. The summed E-state index contributed by atoms with van der Waals surface area (Å²) in [4.78, 5) is 24.5. The van der Waals surface area contributed by atoms with Crippen molar-refractivity contribution in [3.63, 3.8) is 0 Å². The number of carbonyl (C=O) groups excluding carboxylic acids is 2. The minimum Gasteiger partial charge on any atom is -0.497 e. The maximum absolute atomic E-state index is 11.8. The number of nitrogens with zero attached hydrogens (tertiary/aromatic N) is 1. The van der Waals surface area contributed by atoms with Crippen LogP contribution in [-0.2, 0) is 4.74 Å². The first-order chi connectivity index (χ1) is 9.20. The molecule has 1 aromatic rings. The molecular formula is C13H16N2O4. The fourth-order valence-corrected chi connectivity index (χ4v) is 1.78. The third-order valence-corrected chi connectivity index (χ3v) is 2.86. The van der Waals surface area contributed by atoms with Crippen molar-refractivity contribution in [3.05, 3.63) is 29.8 Å². The van der Waals surface area contributed by atoms with E-state index >= 15 is 0 Å². The summed E-state index contributed by atoms with van der Waals surface area (Å²) in [6.07, 6.45) is -0.321. The second kappa shape index (κ2) is 6.08. The first-order valence-corrected chi connectivity index (χ1v) is 6.04. The van der Waals surface area contributed by atoms with Crippen LogP contribution in [0, 0.1) is 0 Å². The van der Waals surface area contributed by atoms with Gasteiger partial charge in [-0.1, -0.05) is 0 Å². The highest BCUT2D eigenvalue weighted by atomic mass is 16.6. The van der Waals surface area contributed by atoms with E-state index in [0.29, 0.717) is 37.6 Å². The van der Waals surface area contributed by atoms with Crippen LogP contribution in [-0.4, -0.2) is 50.3 Å². The van der Waals surface area contributed by atoms with Gasteiger partial charge in [-0.2, -0.15) is 0 Å². The summed E-state index contributed by atoms with van der Waals surface area (Å²) in [5.41, 5.74) is 0.560. The zero-order valence-electron chi connectivity index (χ0n) is 10.7. The minimum atomic E-state index is -0.321. The number of ether oxygens (including phenoxy) is 2. The summed E-state index contributed by atoms with van der Waals surface area (Å²) in [6, 6.07) is 6.84. The van der Waals surface area contributed by atoms with Crippen molar-refractivity contribution in [2.24, 2.45) is 0 Å². The Morgan fingerprint density at radius 2 is 2.16 bits per heavy atom. The summed E-state index contributed by atoms with van der Waals surface area (Å²) in [5, 5.41) is 2.75. The van der Waals surface area contributed by atoms with Crippen LogP contribution in [0.2, 0.25) is 0 Å². The summed E-state index contributed by atoms with van der Waals surface area (Å²) in [5.74, 6) is 0.534. The molecule has 0 bridgehead atoms. The van der Waals surface area contributed by atoms with E-state index in [1.165, 1.54) is 0 Å². The highest BCUT2D eigenvalue weighted by Crippen LogP contribution is 2.11. The molecule has 0 saturated carbocycles. The zero-order valence-corrected chi connectivity index (χ0v) is 10.7. The van der Waals surface area contributed by atoms with Crippen LogP contribution >= 0.6 is 0 Å². The largest absolute Gasteiger partial charge is 0.497 e. The van der Waals surface area contributed by atoms with Crippen molar-refractivity contribution in [2.75, 3.05) is 33.4 Å². The van der Waals surface area contributed by atoms with E-state index in [1.54, 1.807) is 36.3 Å². The molecule has 19 heavy (non-hydrogen) atoms. The van der Waals surface area contributed by atoms with E-state index in [2.05, 4.69) is 5.32 Å². The lowest BCUT2D eigenvalue weighted by Gasteiger charge is -2.12. The van der Waals surface area contributed by atoms with Gasteiger partial charge < -0.3 is 19.7 Å². The quantitative estimate of drug-likeness (QED) is 0.857. The Kier molecular flexibility index (Phi) is 4.22. The smallest absolute Gasteiger partial charge is 0.409 e. The molecule has 1 fully saturated rings. The Labute approximate surface area is 111 Å². The molecule has 0 atom stereocenters. The average molecular weight is 264 g/mol. The number of cyclic esters (lactones) is 1. The van der Waals surface area contributed by atoms with Gasteiger partial charge in [0.25, 0.3) is 5.91 Å². The molecule has 0 spiro atoms. The third-order valence-electron chi connectivity index (χ3n) is 2.86. The second-order valence-corrected chi connectivity index (χ2v) is 4.09. The van der Waals surface area contributed by atoms with Gasteiger partial charge in [-0.05, 0) is 24.3 Å². The molecule has 1 aliphatic rings. The SMILES string of the molecule is COc1ccc(C(=O)NCCN2CCOC2=O)cc1. The molecule has 1 aromatic carbocycles. The number of benzene rings is 1. The van der Waals surface area contributed by atoms with Gasteiger partial charge in [-0.25, -0.2) is 4.79 Å². The number of methoxy groups -OCH3 is 1. The molecule has 2 amide bonds. The second-order valence-electron chi connectivity index (χ2n) is 4.09. The Morgan fingerprint density at radius 1 is 1.42 bits per heavy atom. The normalized spacial score (nSPS) is 14.2. The van der Waals surface area contributed by atoms with Gasteiger partial charge >= 0.3 is 6.09 Å². The van der Waals surface area contributed by atoms with E-state index < -0.39 is 0 Å². The fraction of sp³-hybridized carbons (Fsp3) is 0.385. The molecule has 102 valence electrons.